The minimum Gasteiger partial charge on any atom is -0.356 e. The Kier molecular flexibility index (Phi) is 5.83. The Hall–Kier alpha value is -1.11. The fraction of sp³-hybridized carbons (Fsp3) is 0.533. The van der Waals surface area contributed by atoms with Crippen LogP contribution in [-0.4, -0.2) is 38.3 Å². The van der Waals surface area contributed by atoms with Gasteiger partial charge in [0.1, 0.15) is 0 Å². The summed E-state index contributed by atoms with van der Waals surface area (Å²) in [4.78, 5) is 12.3. The van der Waals surface area contributed by atoms with Crippen LogP contribution in [0.15, 0.2) is 29.2 Å². The number of nitrogens with zero attached hydrogens (tertiary/aromatic N) is 1. The molecule has 0 aliphatic carbocycles. The summed E-state index contributed by atoms with van der Waals surface area (Å²) >= 11 is 5.80. The third-order valence-electron chi connectivity index (χ3n) is 3.76. The Labute approximate surface area is 136 Å². The normalized spacial score (nSPS) is 19.8. The van der Waals surface area contributed by atoms with Gasteiger partial charge in [-0.05, 0) is 43.5 Å². The predicted octanol–water partition coefficient (Wildman–Crippen LogP) is 2.27. The van der Waals surface area contributed by atoms with Crippen LogP contribution < -0.4 is 5.32 Å². The number of nitrogens with one attached hydrogen (secondary N) is 1. The van der Waals surface area contributed by atoms with Gasteiger partial charge in [-0.2, -0.15) is 4.31 Å². The standard InChI is InChI=1S/C15H21ClN2O3S/c1-2-9-17-15(19)12-4-3-10-18(11-12)22(20,21)14-7-5-13(16)6-8-14/h5-8,12H,2-4,9-11H2,1H3,(H,17,19). The first-order chi connectivity index (χ1) is 10.4. The van der Waals surface area contributed by atoms with E-state index in [9.17, 15) is 13.2 Å². The van der Waals surface area contributed by atoms with Gasteiger partial charge in [0.15, 0.2) is 0 Å². The third kappa shape index (κ3) is 4.00. The molecule has 1 N–H and O–H groups in total. The van der Waals surface area contributed by atoms with Crippen LogP contribution >= 0.6 is 11.6 Å². The van der Waals surface area contributed by atoms with E-state index in [2.05, 4.69) is 5.32 Å². The van der Waals surface area contributed by atoms with Crippen molar-refractivity contribution < 1.29 is 13.2 Å². The van der Waals surface area contributed by atoms with Crippen LogP contribution in [0, 0.1) is 5.92 Å². The van der Waals surface area contributed by atoms with Crippen molar-refractivity contribution in [1.29, 1.82) is 0 Å². The van der Waals surface area contributed by atoms with Gasteiger partial charge in [0.05, 0.1) is 10.8 Å². The van der Waals surface area contributed by atoms with Crippen molar-refractivity contribution in [3.63, 3.8) is 0 Å². The van der Waals surface area contributed by atoms with E-state index < -0.39 is 10.0 Å². The Balaban J connectivity index is 2.11. The summed E-state index contributed by atoms with van der Waals surface area (Å²) in [5.41, 5.74) is 0. The topological polar surface area (TPSA) is 66.5 Å². The molecule has 0 bridgehead atoms. The van der Waals surface area contributed by atoms with E-state index in [4.69, 9.17) is 11.6 Å². The van der Waals surface area contributed by atoms with E-state index in [0.717, 1.165) is 12.8 Å². The first-order valence-electron chi connectivity index (χ1n) is 7.48. The van der Waals surface area contributed by atoms with E-state index >= 15 is 0 Å². The molecule has 122 valence electrons. The number of sulfonamides is 1. The number of hydrogen-bond donors (Lipinski definition) is 1. The first kappa shape index (κ1) is 17.2. The molecule has 22 heavy (non-hydrogen) atoms. The monoisotopic (exact) mass is 344 g/mol. The summed E-state index contributed by atoms with van der Waals surface area (Å²) in [6, 6.07) is 6.12. The molecule has 2 rings (SSSR count). The SMILES string of the molecule is CCCNC(=O)C1CCCN(S(=O)(=O)c2ccc(Cl)cc2)C1. The molecule has 1 aromatic rings. The average molecular weight is 345 g/mol. The lowest BCUT2D eigenvalue weighted by atomic mass is 9.99. The highest BCUT2D eigenvalue weighted by molar-refractivity contribution is 7.89. The average Bonchev–Trinajstić information content (AvgIpc) is 2.53. The molecule has 1 fully saturated rings. The van der Waals surface area contributed by atoms with Crippen LogP contribution in [0.3, 0.4) is 0 Å². The fourth-order valence-electron chi connectivity index (χ4n) is 2.52. The van der Waals surface area contributed by atoms with E-state index in [0.29, 0.717) is 24.5 Å². The number of hydrogen-bond acceptors (Lipinski definition) is 3. The molecule has 5 nitrogen and oxygen atoms in total. The van der Waals surface area contributed by atoms with Crippen molar-refractivity contribution in [2.75, 3.05) is 19.6 Å². The van der Waals surface area contributed by atoms with Gasteiger partial charge in [0, 0.05) is 24.7 Å². The Bertz CT molecular complexity index is 616. The predicted molar refractivity (Wildman–Crippen MR) is 86.2 cm³/mol. The maximum Gasteiger partial charge on any atom is 0.243 e. The number of benzene rings is 1. The molecule has 1 aliphatic heterocycles. The zero-order chi connectivity index (χ0) is 16.2. The largest absolute Gasteiger partial charge is 0.356 e. The highest BCUT2D eigenvalue weighted by Crippen LogP contribution is 2.24. The molecular formula is C15H21ClN2O3S. The van der Waals surface area contributed by atoms with Crippen LogP contribution in [-0.2, 0) is 14.8 Å². The summed E-state index contributed by atoms with van der Waals surface area (Å²) in [7, 11) is -3.57. The summed E-state index contributed by atoms with van der Waals surface area (Å²) in [6.07, 6.45) is 2.28. The molecule has 1 atom stereocenters. The molecule has 1 heterocycles. The molecule has 1 saturated heterocycles. The minimum absolute atomic E-state index is 0.0575. The van der Waals surface area contributed by atoms with Gasteiger partial charge in [-0.25, -0.2) is 8.42 Å². The Morgan fingerprint density at radius 3 is 2.68 bits per heavy atom. The smallest absolute Gasteiger partial charge is 0.243 e. The number of carbonyl (C=O) groups is 1. The minimum atomic E-state index is -3.57. The lowest BCUT2D eigenvalue weighted by Gasteiger charge is -2.31. The lowest BCUT2D eigenvalue weighted by Crippen LogP contribution is -2.45. The zero-order valence-corrected chi connectivity index (χ0v) is 14.2. The molecule has 1 aliphatic rings. The Morgan fingerprint density at radius 2 is 2.05 bits per heavy atom. The van der Waals surface area contributed by atoms with Crippen LogP contribution in [0.5, 0.6) is 0 Å². The number of carbonyl (C=O) groups excluding carboxylic acids is 1. The summed E-state index contributed by atoms with van der Waals surface area (Å²) in [5.74, 6) is -0.333. The second kappa shape index (κ2) is 7.44. The van der Waals surface area contributed by atoms with Gasteiger partial charge in [-0.1, -0.05) is 18.5 Å². The van der Waals surface area contributed by atoms with Gasteiger partial charge >= 0.3 is 0 Å². The van der Waals surface area contributed by atoms with Crippen molar-refractivity contribution in [3.8, 4) is 0 Å². The van der Waals surface area contributed by atoms with Crippen molar-refractivity contribution in [2.24, 2.45) is 5.92 Å². The maximum atomic E-state index is 12.6. The molecule has 7 heteroatoms. The zero-order valence-electron chi connectivity index (χ0n) is 12.6. The second-order valence-corrected chi connectivity index (χ2v) is 7.82. The fourth-order valence-corrected chi connectivity index (χ4v) is 4.17. The molecule has 0 saturated carbocycles. The Morgan fingerprint density at radius 1 is 1.36 bits per heavy atom. The van der Waals surface area contributed by atoms with Crippen molar-refractivity contribution in [3.05, 3.63) is 29.3 Å². The number of piperidine rings is 1. The quantitative estimate of drug-likeness (QED) is 0.891. The highest BCUT2D eigenvalue weighted by Gasteiger charge is 2.33. The highest BCUT2D eigenvalue weighted by atomic mass is 35.5. The molecule has 1 amide bonds. The van der Waals surface area contributed by atoms with Crippen LogP contribution in [0.25, 0.3) is 0 Å². The van der Waals surface area contributed by atoms with Gasteiger partial charge in [-0.3, -0.25) is 4.79 Å². The first-order valence-corrected chi connectivity index (χ1v) is 9.30. The van der Waals surface area contributed by atoms with Crippen LogP contribution in [0.1, 0.15) is 26.2 Å². The molecular weight excluding hydrogens is 324 g/mol. The van der Waals surface area contributed by atoms with Gasteiger partial charge in [0.2, 0.25) is 15.9 Å². The maximum absolute atomic E-state index is 12.6. The van der Waals surface area contributed by atoms with Crippen molar-refractivity contribution in [1.82, 2.24) is 9.62 Å². The molecule has 0 aromatic heterocycles. The van der Waals surface area contributed by atoms with E-state index in [1.54, 1.807) is 12.1 Å². The second-order valence-electron chi connectivity index (χ2n) is 5.45. The van der Waals surface area contributed by atoms with Gasteiger partial charge < -0.3 is 5.32 Å². The molecule has 0 spiro atoms. The number of rotatable bonds is 5. The van der Waals surface area contributed by atoms with E-state index in [1.807, 2.05) is 6.92 Å². The molecule has 0 radical (unpaired) electrons. The van der Waals surface area contributed by atoms with Crippen molar-refractivity contribution >= 4 is 27.5 Å². The molecule has 1 unspecified atom stereocenters. The van der Waals surface area contributed by atoms with E-state index in [-0.39, 0.29) is 23.3 Å². The summed E-state index contributed by atoms with van der Waals surface area (Å²) in [6.45, 7) is 3.29. The summed E-state index contributed by atoms with van der Waals surface area (Å²) < 4.78 is 26.7. The third-order valence-corrected chi connectivity index (χ3v) is 5.89. The number of amides is 1. The van der Waals surface area contributed by atoms with Gasteiger partial charge in [0.25, 0.3) is 0 Å². The van der Waals surface area contributed by atoms with Crippen LogP contribution in [0.4, 0.5) is 0 Å². The van der Waals surface area contributed by atoms with Crippen LogP contribution in [0.2, 0.25) is 5.02 Å². The summed E-state index contributed by atoms with van der Waals surface area (Å²) in [5, 5.41) is 3.34. The van der Waals surface area contributed by atoms with Gasteiger partial charge in [-0.15, -0.1) is 0 Å². The lowest BCUT2D eigenvalue weighted by molar-refractivity contribution is -0.126. The number of halogens is 1. The van der Waals surface area contributed by atoms with Crippen molar-refractivity contribution in [2.45, 2.75) is 31.1 Å². The molecule has 1 aromatic carbocycles. The van der Waals surface area contributed by atoms with E-state index in [1.165, 1.54) is 16.4 Å².